The van der Waals surface area contributed by atoms with Gasteiger partial charge in [0, 0.05) is 50.6 Å². The van der Waals surface area contributed by atoms with Gasteiger partial charge in [0.1, 0.15) is 0 Å². The highest BCUT2D eigenvalue weighted by atomic mass is 16.2. The highest BCUT2D eigenvalue weighted by Crippen LogP contribution is 2.25. The molecular weight excluding hydrogens is 400 g/mol. The number of carbonyl (C=O) groups is 2. The molecule has 0 radical (unpaired) electrons. The quantitative estimate of drug-likeness (QED) is 0.759. The summed E-state index contributed by atoms with van der Waals surface area (Å²) in [6.45, 7) is 9.46. The fourth-order valence-corrected chi connectivity index (χ4v) is 4.59. The number of hydrogen-bond donors (Lipinski definition) is 1. The van der Waals surface area contributed by atoms with Gasteiger partial charge < -0.3 is 15.1 Å². The average molecular weight is 435 g/mol. The SMILES string of the molecule is Cc1ccccc1CC(=O)N1CCN(CC(=O)Nc2ccc(N3CCCC3)cc2C)CC1. The van der Waals surface area contributed by atoms with Crippen molar-refractivity contribution < 1.29 is 9.59 Å². The molecule has 6 nitrogen and oxygen atoms in total. The van der Waals surface area contributed by atoms with Crippen LogP contribution in [-0.2, 0) is 16.0 Å². The molecule has 2 aliphatic heterocycles. The Morgan fingerprint density at radius 1 is 0.875 bits per heavy atom. The van der Waals surface area contributed by atoms with E-state index in [-0.39, 0.29) is 11.8 Å². The first-order valence-electron chi connectivity index (χ1n) is 11.7. The van der Waals surface area contributed by atoms with E-state index in [1.165, 1.54) is 18.5 Å². The zero-order valence-electron chi connectivity index (χ0n) is 19.3. The van der Waals surface area contributed by atoms with Crippen molar-refractivity contribution in [1.29, 1.82) is 0 Å². The summed E-state index contributed by atoms with van der Waals surface area (Å²) >= 11 is 0. The van der Waals surface area contributed by atoms with Crippen LogP contribution >= 0.6 is 0 Å². The van der Waals surface area contributed by atoms with Crippen molar-refractivity contribution in [2.75, 3.05) is 56.0 Å². The monoisotopic (exact) mass is 434 g/mol. The van der Waals surface area contributed by atoms with Crippen LogP contribution in [0.25, 0.3) is 0 Å². The maximum Gasteiger partial charge on any atom is 0.238 e. The lowest BCUT2D eigenvalue weighted by molar-refractivity contribution is -0.132. The fraction of sp³-hybridized carbons (Fsp3) is 0.462. The number of hydrogen-bond acceptors (Lipinski definition) is 4. The summed E-state index contributed by atoms with van der Waals surface area (Å²) in [5, 5.41) is 3.07. The molecule has 2 saturated heterocycles. The summed E-state index contributed by atoms with van der Waals surface area (Å²) in [6, 6.07) is 14.3. The molecule has 6 heteroatoms. The van der Waals surface area contributed by atoms with E-state index in [4.69, 9.17) is 0 Å². The average Bonchev–Trinajstić information content (AvgIpc) is 3.32. The molecule has 1 N–H and O–H groups in total. The number of aryl methyl sites for hydroxylation is 2. The van der Waals surface area contributed by atoms with Crippen molar-refractivity contribution in [3.05, 3.63) is 59.2 Å². The van der Waals surface area contributed by atoms with Crippen molar-refractivity contribution in [1.82, 2.24) is 9.80 Å². The number of nitrogens with one attached hydrogen (secondary N) is 1. The Labute approximate surface area is 191 Å². The van der Waals surface area contributed by atoms with Gasteiger partial charge in [0.2, 0.25) is 11.8 Å². The molecule has 0 unspecified atom stereocenters. The molecule has 0 atom stereocenters. The van der Waals surface area contributed by atoms with Crippen LogP contribution in [0.1, 0.15) is 29.5 Å². The molecule has 0 aliphatic carbocycles. The van der Waals surface area contributed by atoms with Crippen LogP contribution in [0.15, 0.2) is 42.5 Å². The molecular formula is C26H34N4O2. The van der Waals surface area contributed by atoms with Gasteiger partial charge in [0.05, 0.1) is 13.0 Å². The van der Waals surface area contributed by atoms with E-state index in [1.54, 1.807) is 0 Å². The molecule has 2 aromatic carbocycles. The van der Waals surface area contributed by atoms with Crippen LogP contribution in [0.5, 0.6) is 0 Å². The molecule has 2 amide bonds. The van der Waals surface area contributed by atoms with Gasteiger partial charge in [-0.3, -0.25) is 14.5 Å². The number of nitrogens with zero attached hydrogens (tertiary/aromatic N) is 3. The molecule has 0 aromatic heterocycles. The number of anilines is 2. The number of piperazine rings is 1. The Balaban J connectivity index is 1.24. The molecule has 2 fully saturated rings. The second-order valence-electron chi connectivity index (χ2n) is 9.00. The van der Waals surface area contributed by atoms with E-state index in [9.17, 15) is 9.59 Å². The van der Waals surface area contributed by atoms with Gasteiger partial charge in [0.15, 0.2) is 0 Å². The number of benzene rings is 2. The minimum Gasteiger partial charge on any atom is -0.372 e. The molecule has 0 bridgehead atoms. The van der Waals surface area contributed by atoms with E-state index < -0.39 is 0 Å². The summed E-state index contributed by atoms with van der Waals surface area (Å²) < 4.78 is 0. The van der Waals surface area contributed by atoms with Crippen molar-refractivity contribution in [2.24, 2.45) is 0 Å². The van der Waals surface area contributed by atoms with Crippen molar-refractivity contribution in [3.8, 4) is 0 Å². The summed E-state index contributed by atoms with van der Waals surface area (Å²) in [5.74, 6) is 0.166. The molecule has 2 aromatic rings. The Bertz CT molecular complexity index is 960. The molecule has 0 saturated carbocycles. The van der Waals surface area contributed by atoms with Crippen LogP contribution < -0.4 is 10.2 Å². The highest BCUT2D eigenvalue weighted by Gasteiger charge is 2.23. The Morgan fingerprint density at radius 3 is 2.28 bits per heavy atom. The predicted octanol–water partition coefficient (Wildman–Crippen LogP) is 3.23. The second kappa shape index (κ2) is 10.2. The van der Waals surface area contributed by atoms with Gasteiger partial charge >= 0.3 is 0 Å². The largest absolute Gasteiger partial charge is 0.372 e. The number of carbonyl (C=O) groups excluding carboxylic acids is 2. The van der Waals surface area contributed by atoms with Gasteiger partial charge in [-0.15, -0.1) is 0 Å². The van der Waals surface area contributed by atoms with E-state index in [0.29, 0.717) is 26.1 Å². The summed E-state index contributed by atoms with van der Waals surface area (Å²) in [7, 11) is 0. The Hall–Kier alpha value is -2.86. The standard InChI is InChI=1S/C26H34N4O2/c1-20-7-3-4-8-22(20)18-26(32)30-15-13-28(14-16-30)19-25(31)27-24-10-9-23(17-21(24)2)29-11-5-6-12-29/h3-4,7-10,17H,5-6,11-16,18-19H2,1-2H3,(H,27,31). The van der Waals surface area contributed by atoms with Crippen molar-refractivity contribution >= 4 is 23.2 Å². The summed E-state index contributed by atoms with van der Waals surface area (Å²) in [6.07, 6.45) is 2.95. The fourth-order valence-electron chi connectivity index (χ4n) is 4.59. The Morgan fingerprint density at radius 2 is 1.59 bits per heavy atom. The first kappa shape index (κ1) is 22.3. The first-order valence-corrected chi connectivity index (χ1v) is 11.7. The zero-order valence-corrected chi connectivity index (χ0v) is 19.3. The molecule has 32 heavy (non-hydrogen) atoms. The molecule has 2 heterocycles. The minimum absolute atomic E-state index is 0.00158. The van der Waals surface area contributed by atoms with Crippen molar-refractivity contribution in [3.63, 3.8) is 0 Å². The number of rotatable bonds is 6. The third kappa shape index (κ3) is 5.49. The number of amides is 2. The molecule has 170 valence electrons. The van der Waals surface area contributed by atoms with Crippen LogP contribution in [0.4, 0.5) is 11.4 Å². The lowest BCUT2D eigenvalue weighted by Crippen LogP contribution is -2.50. The normalized spacial score (nSPS) is 16.9. The predicted molar refractivity (Wildman–Crippen MR) is 129 cm³/mol. The summed E-state index contributed by atoms with van der Waals surface area (Å²) in [5.41, 5.74) is 5.45. The highest BCUT2D eigenvalue weighted by molar-refractivity contribution is 5.93. The zero-order chi connectivity index (χ0) is 22.5. The maximum atomic E-state index is 12.7. The van der Waals surface area contributed by atoms with Crippen LogP contribution in [0, 0.1) is 13.8 Å². The molecule has 2 aliphatic rings. The van der Waals surface area contributed by atoms with E-state index in [1.807, 2.05) is 49.1 Å². The third-order valence-electron chi connectivity index (χ3n) is 6.65. The smallest absolute Gasteiger partial charge is 0.238 e. The van der Waals surface area contributed by atoms with Crippen LogP contribution in [0.2, 0.25) is 0 Å². The van der Waals surface area contributed by atoms with Gasteiger partial charge in [-0.25, -0.2) is 0 Å². The molecule has 4 rings (SSSR count). The van der Waals surface area contributed by atoms with Gasteiger partial charge in [-0.2, -0.15) is 0 Å². The summed E-state index contributed by atoms with van der Waals surface area (Å²) in [4.78, 5) is 31.7. The van der Waals surface area contributed by atoms with Crippen LogP contribution in [-0.4, -0.2) is 67.4 Å². The van der Waals surface area contributed by atoms with E-state index >= 15 is 0 Å². The third-order valence-corrected chi connectivity index (χ3v) is 6.65. The van der Waals surface area contributed by atoms with Gasteiger partial charge in [0.25, 0.3) is 0 Å². The van der Waals surface area contributed by atoms with Crippen molar-refractivity contribution in [2.45, 2.75) is 33.1 Å². The lowest BCUT2D eigenvalue weighted by Gasteiger charge is -2.34. The second-order valence-corrected chi connectivity index (χ2v) is 9.00. The molecule has 0 spiro atoms. The maximum absolute atomic E-state index is 12.7. The first-order chi connectivity index (χ1) is 15.5. The minimum atomic E-state index is 0.00158. The topological polar surface area (TPSA) is 55.9 Å². The van der Waals surface area contributed by atoms with Gasteiger partial charge in [-0.05, 0) is 61.6 Å². The van der Waals surface area contributed by atoms with Gasteiger partial charge in [-0.1, -0.05) is 24.3 Å². The van der Waals surface area contributed by atoms with E-state index in [2.05, 4.69) is 27.2 Å². The van der Waals surface area contributed by atoms with E-state index in [0.717, 1.165) is 48.6 Å². The lowest BCUT2D eigenvalue weighted by atomic mass is 10.1. The Kier molecular flexibility index (Phi) is 7.10. The van der Waals surface area contributed by atoms with Crippen LogP contribution in [0.3, 0.4) is 0 Å².